The van der Waals surface area contributed by atoms with Crippen molar-refractivity contribution in [3.05, 3.63) is 77.4 Å². The molecule has 2 aromatic rings. The quantitative estimate of drug-likeness (QED) is 0.375. The van der Waals surface area contributed by atoms with Gasteiger partial charge in [0, 0.05) is 10.6 Å². The van der Waals surface area contributed by atoms with Gasteiger partial charge in [-0.1, -0.05) is 91.3 Å². The molecule has 2 atom stereocenters. The van der Waals surface area contributed by atoms with E-state index in [1.54, 1.807) is 0 Å². The second-order valence-electron chi connectivity index (χ2n) is 11.4. The Morgan fingerprint density at radius 3 is 2.24 bits per heavy atom. The van der Waals surface area contributed by atoms with E-state index in [9.17, 15) is 0 Å². The van der Waals surface area contributed by atoms with E-state index >= 15 is 0 Å². The second kappa shape index (κ2) is 9.97. The first-order valence-corrected chi connectivity index (χ1v) is 14.2. The van der Waals surface area contributed by atoms with Crippen molar-refractivity contribution in [3.63, 3.8) is 0 Å². The van der Waals surface area contributed by atoms with E-state index in [1.165, 1.54) is 52.2 Å². The minimum atomic E-state index is 0.190. The van der Waals surface area contributed by atoms with Crippen molar-refractivity contribution in [2.75, 3.05) is 4.90 Å². The van der Waals surface area contributed by atoms with Crippen LogP contribution in [0.1, 0.15) is 85.3 Å². The molecular weight excluding hydrogens is 430 g/mol. The number of hydrogen-bond donors (Lipinski definition) is 0. The summed E-state index contributed by atoms with van der Waals surface area (Å²) in [5, 5.41) is 0.415. The first-order chi connectivity index (χ1) is 16.2. The topological polar surface area (TPSA) is 3.24 Å². The van der Waals surface area contributed by atoms with Crippen LogP contribution in [-0.2, 0) is 11.8 Å². The minimum Gasteiger partial charge on any atom is -0.332 e. The summed E-state index contributed by atoms with van der Waals surface area (Å²) < 4.78 is 0. The van der Waals surface area contributed by atoms with E-state index in [-0.39, 0.29) is 10.8 Å². The number of aryl methyl sites for hydroxylation is 1. The highest BCUT2D eigenvalue weighted by Crippen LogP contribution is 2.50. The van der Waals surface area contributed by atoms with E-state index in [0.717, 1.165) is 12.8 Å². The van der Waals surface area contributed by atoms with Crippen LogP contribution in [0.4, 0.5) is 11.4 Å². The zero-order valence-electron chi connectivity index (χ0n) is 22.3. The summed E-state index contributed by atoms with van der Waals surface area (Å²) in [5.41, 5.74) is 7.41. The van der Waals surface area contributed by atoms with Crippen LogP contribution in [-0.4, -0.2) is 11.3 Å². The van der Waals surface area contributed by atoms with Gasteiger partial charge < -0.3 is 4.90 Å². The number of unbranched alkanes of at least 4 members (excludes halogenated alkanes) is 1. The zero-order chi connectivity index (χ0) is 24.5. The van der Waals surface area contributed by atoms with Gasteiger partial charge in [0.1, 0.15) is 0 Å². The maximum atomic E-state index is 2.59. The molecule has 182 valence electrons. The third-order valence-corrected chi connectivity index (χ3v) is 9.57. The molecule has 0 bridgehead atoms. The van der Waals surface area contributed by atoms with E-state index in [2.05, 4.69) is 126 Å². The van der Waals surface area contributed by atoms with Gasteiger partial charge in [0.2, 0.25) is 0 Å². The van der Waals surface area contributed by atoms with Gasteiger partial charge in [0.05, 0.1) is 17.0 Å². The number of nitrogens with zero attached hydrogens (tertiary/aromatic N) is 1. The van der Waals surface area contributed by atoms with Crippen LogP contribution in [0, 0.1) is 5.41 Å². The second-order valence-corrected chi connectivity index (χ2v) is 12.6. The van der Waals surface area contributed by atoms with Crippen LogP contribution < -0.4 is 4.90 Å². The Hall–Kier alpha value is -1.93. The van der Waals surface area contributed by atoms with Gasteiger partial charge in [-0.15, -0.1) is 11.8 Å². The summed E-state index contributed by atoms with van der Waals surface area (Å²) in [6.07, 6.45) is 13.4. The molecule has 0 spiro atoms. The Kier molecular flexibility index (Phi) is 7.38. The number of hydrogen-bond acceptors (Lipinski definition) is 2. The summed E-state index contributed by atoms with van der Waals surface area (Å²) >= 11 is 2.06. The number of fused-ring (bicyclic) bond motifs is 2. The van der Waals surface area contributed by atoms with E-state index in [1.807, 2.05) is 0 Å². The molecule has 0 N–H and O–H groups in total. The van der Waals surface area contributed by atoms with Crippen LogP contribution in [0.5, 0.6) is 0 Å². The molecule has 0 amide bonds. The monoisotopic (exact) mass is 473 g/mol. The smallest absolute Gasteiger partial charge is 0.0683 e. The SMILES string of the molecule is CCCCc1ccc(N2c3ccc(C(C)(C)CC)cc3SC3C=C(C(C)(C)CC)C=CC32)cc1. The Balaban J connectivity index is 1.78. The molecule has 4 rings (SSSR count). The molecule has 1 nitrogen and oxygen atoms in total. The van der Waals surface area contributed by atoms with Crippen LogP contribution in [0.3, 0.4) is 0 Å². The molecule has 0 aromatic heterocycles. The van der Waals surface area contributed by atoms with Crippen molar-refractivity contribution in [1.29, 1.82) is 0 Å². The van der Waals surface area contributed by atoms with Gasteiger partial charge in [-0.25, -0.2) is 0 Å². The molecule has 1 aliphatic carbocycles. The largest absolute Gasteiger partial charge is 0.332 e. The van der Waals surface area contributed by atoms with Crippen molar-refractivity contribution in [2.45, 2.75) is 102 Å². The van der Waals surface area contributed by atoms with Crippen molar-refractivity contribution < 1.29 is 0 Å². The van der Waals surface area contributed by atoms with Crippen molar-refractivity contribution in [2.24, 2.45) is 5.41 Å². The fraction of sp³-hybridized carbons (Fsp3) is 0.500. The maximum absolute atomic E-state index is 2.59. The van der Waals surface area contributed by atoms with E-state index in [4.69, 9.17) is 0 Å². The standard InChI is InChI=1S/C32H43NS/c1-8-11-12-23-13-17-26(18-14-23)33-27-19-15-24(31(4,5)9-2)21-29(27)34-30-22-25(16-20-28(30)33)32(6,7)10-3/h13-22,27,29H,8-12H2,1-7H3. The molecule has 0 radical (unpaired) electrons. The molecule has 1 aliphatic heterocycles. The molecule has 34 heavy (non-hydrogen) atoms. The average molecular weight is 474 g/mol. The molecule has 2 unspecified atom stereocenters. The lowest BCUT2D eigenvalue weighted by molar-refractivity contribution is 0.435. The minimum absolute atomic E-state index is 0.190. The molecule has 0 saturated heterocycles. The lowest BCUT2D eigenvalue weighted by Crippen LogP contribution is -2.42. The molecule has 0 fully saturated rings. The lowest BCUT2D eigenvalue weighted by Gasteiger charge is -2.44. The highest BCUT2D eigenvalue weighted by atomic mass is 32.2. The van der Waals surface area contributed by atoms with Gasteiger partial charge in [-0.2, -0.15) is 0 Å². The van der Waals surface area contributed by atoms with Crippen molar-refractivity contribution in [1.82, 2.24) is 0 Å². The summed E-state index contributed by atoms with van der Waals surface area (Å²) in [6, 6.07) is 16.9. The third kappa shape index (κ3) is 4.89. The summed E-state index contributed by atoms with van der Waals surface area (Å²) in [5.74, 6) is 0. The van der Waals surface area contributed by atoms with Gasteiger partial charge in [0.25, 0.3) is 0 Å². The van der Waals surface area contributed by atoms with Gasteiger partial charge in [0.15, 0.2) is 0 Å². The first-order valence-electron chi connectivity index (χ1n) is 13.3. The Morgan fingerprint density at radius 2 is 1.59 bits per heavy atom. The van der Waals surface area contributed by atoms with Crippen LogP contribution >= 0.6 is 11.8 Å². The Labute approximate surface area is 212 Å². The predicted octanol–water partition coefficient (Wildman–Crippen LogP) is 9.63. The molecular formula is C32H43NS. The number of thioether (sulfide) groups is 1. The fourth-order valence-corrected chi connectivity index (χ4v) is 6.23. The van der Waals surface area contributed by atoms with Crippen molar-refractivity contribution in [3.8, 4) is 0 Å². The van der Waals surface area contributed by atoms with E-state index < -0.39 is 0 Å². The predicted molar refractivity (Wildman–Crippen MR) is 152 cm³/mol. The number of benzene rings is 2. The van der Waals surface area contributed by atoms with Gasteiger partial charge >= 0.3 is 0 Å². The van der Waals surface area contributed by atoms with Crippen LogP contribution in [0.2, 0.25) is 0 Å². The highest BCUT2D eigenvalue weighted by Gasteiger charge is 2.37. The maximum Gasteiger partial charge on any atom is 0.0683 e. The third-order valence-electron chi connectivity index (χ3n) is 8.30. The lowest BCUT2D eigenvalue weighted by atomic mass is 9.78. The van der Waals surface area contributed by atoms with Gasteiger partial charge in [-0.05, 0) is 77.5 Å². The normalized spacial score (nSPS) is 20.1. The van der Waals surface area contributed by atoms with Crippen LogP contribution in [0.15, 0.2) is 71.2 Å². The summed E-state index contributed by atoms with van der Waals surface area (Å²) in [4.78, 5) is 4.00. The molecule has 2 heteroatoms. The number of rotatable bonds is 8. The highest BCUT2D eigenvalue weighted by molar-refractivity contribution is 8.00. The number of allylic oxidation sites excluding steroid dienone is 2. The Morgan fingerprint density at radius 1 is 0.882 bits per heavy atom. The first kappa shape index (κ1) is 25.2. The summed E-state index contributed by atoms with van der Waals surface area (Å²) in [6.45, 7) is 16.3. The summed E-state index contributed by atoms with van der Waals surface area (Å²) in [7, 11) is 0. The van der Waals surface area contributed by atoms with Gasteiger partial charge in [-0.3, -0.25) is 0 Å². The average Bonchev–Trinajstić information content (AvgIpc) is 2.85. The molecule has 2 aliphatic rings. The number of anilines is 2. The van der Waals surface area contributed by atoms with E-state index in [0.29, 0.717) is 11.3 Å². The fourth-order valence-electron chi connectivity index (χ4n) is 4.89. The molecule has 1 heterocycles. The Bertz CT molecular complexity index is 1060. The van der Waals surface area contributed by atoms with Crippen molar-refractivity contribution >= 4 is 23.1 Å². The van der Waals surface area contributed by atoms with Crippen LogP contribution in [0.25, 0.3) is 0 Å². The molecule has 2 aromatic carbocycles. The molecule has 0 saturated carbocycles. The zero-order valence-corrected chi connectivity index (χ0v) is 23.1.